The standard InChI is InChI=1S/C22H37N5O.HI/c1-6-24-21(25-17-22(2,3)20(28)23-4)26(5)16-18-10-12-19(13-11-18)27-14-8-7-9-15-27;/h10-13H,6-9,14-17H2,1-5H3,(H,23,28)(H,24,25);1H. The van der Waals surface area contributed by atoms with Gasteiger partial charge in [-0.15, -0.1) is 24.0 Å². The van der Waals surface area contributed by atoms with Crippen LogP contribution in [0.1, 0.15) is 45.6 Å². The predicted octanol–water partition coefficient (Wildman–Crippen LogP) is 3.46. The third kappa shape index (κ3) is 7.68. The van der Waals surface area contributed by atoms with Gasteiger partial charge in [0, 0.05) is 46.0 Å². The smallest absolute Gasteiger partial charge is 0.227 e. The Morgan fingerprint density at radius 1 is 1.17 bits per heavy atom. The number of nitrogens with zero attached hydrogens (tertiary/aromatic N) is 3. The molecular formula is C22H38IN5O. The molecule has 0 bridgehead atoms. The molecule has 0 spiro atoms. The molecular weight excluding hydrogens is 477 g/mol. The Morgan fingerprint density at radius 3 is 2.34 bits per heavy atom. The van der Waals surface area contributed by atoms with Gasteiger partial charge in [-0.25, -0.2) is 0 Å². The summed E-state index contributed by atoms with van der Waals surface area (Å²) in [4.78, 5) is 21.3. The van der Waals surface area contributed by atoms with E-state index in [1.54, 1.807) is 7.05 Å². The summed E-state index contributed by atoms with van der Waals surface area (Å²) < 4.78 is 0. The van der Waals surface area contributed by atoms with Crippen LogP contribution < -0.4 is 15.5 Å². The Labute approximate surface area is 193 Å². The molecule has 6 nitrogen and oxygen atoms in total. The molecule has 1 aromatic rings. The number of amides is 1. The zero-order valence-electron chi connectivity index (χ0n) is 18.6. The van der Waals surface area contributed by atoms with Crippen molar-refractivity contribution in [3.05, 3.63) is 29.8 Å². The van der Waals surface area contributed by atoms with Crippen molar-refractivity contribution in [2.75, 3.05) is 45.2 Å². The van der Waals surface area contributed by atoms with Gasteiger partial charge in [0.1, 0.15) is 0 Å². The average Bonchev–Trinajstić information content (AvgIpc) is 2.71. The summed E-state index contributed by atoms with van der Waals surface area (Å²) in [6.07, 6.45) is 3.93. The highest BCUT2D eigenvalue weighted by Gasteiger charge is 2.26. The lowest BCUT2D eigenvalue weighted by atomic mass is 9.93. The molecule has 0 radical (unpaired) electrons. The van der Waals surface area contributed by atoms with E-state index in [1.807, 2.05) is 20.9 Å². The van der Waals surface area contributed by atoms with Crippen LogP contribution in [0.15, 0.2) is 29.3 Å². The van der Waals surface area contributed by atoms with Crippen LogP contribution in [0.3, 0.4) is 0 Å². The molecule has 1 heterocycles. The van der Waals surface area contributed by atoms with Gasteiger partial charge < -0.3 is 20.4 Å². The van der Waals surface area contributed by atoms with Crippen LogP contribution in [0, 0.1) is 5.41 Å². The van der Waals surface area contributed by atoms with E-state index in [0.29, 0.717) is 6.54 Å². The fourth-order valence-corrected chi connectivity index (χ4v) is 3.47. The van der Waals surface area contributed by atoms with Crippen LogP contribution in [0.4, 0.5) is 5.69 Å². The normalized spacial score (nSPS) is 14.8. The molecule has 1 aliphatic heterocycles. The van der Waals surface area contributed by atoms with Gasteiger partial charge in [-0.2, -0.15) is 0 Å². The van der Waals surface area contributed by atoms with Crippen LogP contribution in [-0.2, 0) is 11.3 Å². The lowest BCUT2D eigenvalue weighted by Crippen LogP contribution is -2.41. The summed E-state index contributed by atoms with van der Waals surface area (Å²) in [6.45, 7) is 10.2. The van der Waals surface area contributed by atoms with Gasteiger partial charge >= 0.3 is 0 Å². The Hall–Kier alpha value is -1.51. The molecule has 7 heteroatoms. The zero-order chi connectivity index (χ0) is 20.6. The molecule has 0 aromatic heterocycles. The number of carbonyl (C=O) groups excluding carboxylic acids is 1. The van der Waals surface area contributed by atoms with Crippen molar-refractivity contribution in [3.8, 4) is 0 Å². The molecule has 1 aromatic carbocycles. The molecule has 1 amide bonds. The van der Waals surface area contributed by atoms with Crippen LogP contribution in [0.25, 0.3) is 0 Å². The first-order valence-corrected chi connectivity index (χ1v) is 10.4. The number of halogens is 1. The van der Waals surface area contributed by atoms with Gasteiger partial charge in [-0.3, -0.25) is 9.79 Å². The maximum atomic E-state index is 12.0. The van der Waals surface area contributed by atoms with Gasteiger partial charge in [0.2, 0.25) is 5.91 Å². The monoisotopic (exact) mass is 515 g/mol. The first-order chi connectivity index (χ1) is 13.4. The number of nitrogens with one attached hydrogen (secondary N) is 2. The highest BCUT2D eigenvalue weighted by Crippen LogP contribution is 2.21. The predicted molar refractivity (Wildman–Crippen MR) is 133 cm³/mol. The summed E-state index contributed by atoms with van der Waals surface area (Å²) >= 11 is 0. The Bertz CT molecular complexity index is 654. The maximum Gasteiger partial charge on any atom is 0.227 e. The fraction of sp³-hybridized carbons (Fsp3) is 0.636. The second kappa shape index (κ2) is 12.2. The van der Waals surface area contributed by atoms with Crippen LogP contribution in [-0.4, -0.2) is 57.0 Å². The second-order valence-electron chi connectivity index (χ2n) is 8.20. The van der Waals surface area contributed by atoms with E-state index in [9.17, 15) is 4.79 Å². The van der Waals surface area contributed by atoms with E-state index >= 15 is 0 Å². The molecule has 164 valence electrons. The van der Waals surface area contributed by atoms with Crippen molar-refractivity contribution in [3.63, 3.8) is 0 Å². The first-order valence-electron chi connectivity index (χ1n) is 10.4. The lowest BCUT2D eigenvalue weighted by Gasteiger charge is -2.29. The zero-order valence-corrected chi connectivity index (χ0v) is 21.0. The molecule has 0 aliphatic carbocycles. The van der Waals surface area contributed by atoms with E-state index in [-0.39, 0.29) is 29.9 Å². The van der Waals surface area contributed by atoms with Crippen molar-refractivity contribution < 1.29 is 4.79 Å². The summed E-state index contributed by atoms with van der Waals surface area (Å²) in [7, 11) is 3.70. The van der Waals surface area contributed by atoms with E-state index in [2.05, 4.69) is 51.6 Å². The molecule has 0 atom stereocenters. The second-order valence-corrected chi connectivity index (χ2v) is 8.20. The molecule has 2 rings (SSSR count). The van der Waals surface area contributed by atoms with Gasteiger partial charge in [-0.1, -0.05) is 12.1 Å². The molecule has 0 unspecified atom stereocenters. The third-order valence-corrected chi connectivity index (χ3v) is 5.24. The molecule has 2 N–H and O–H groups in total. The highest BCUT2D eigenvalue weighted by atomic mass is 127. The van der Waals surface area contributed by atoms with E-state index in [4.69, 9.17) is 4.99 Å². The number of benzene rings is 1. The number of guanidine groups is 1. The molecule has 29 heavy (non-hydrogen) atoms. The Kier molecular flexibility index (Phi) is 10.8. The molecule has 1 fully saturated rings. The first kappa shape index (κ1) is 25.5. The van der Waals surface area contributed by atoms with Crippen molar-refractivity contribution in [1.82, 2.24) is 15.5 Å². The summed E-state index contributed by atoms with van der Waals surface area (Å²) in [6, 6.07) is 8.87. The Balaban J connectivity index is 0.00000420. The summed E-state index contributed by atoms with van der Waals surface area (Å²) in [5.74, 6) is 0.822. The SMILES string of the molecule is CCNC(=NCC(C)(C)C(=O)NC)N(C)Cc1ccc(N2CCCCC2)cc1.I. The number of hydrogen-bond acceptors (Lipinski definition) is 3. The van der Waals surface area contributed by atoms with Crippen LogP contribution in [0.5, 0.6) is 0 Å². The van der Waals surface area contributed by atoms with Gasteiger partial charge in [0.05, 0.1) is 12.0 Å². The van der Waals surface area contributed by atoms with Gasteiger partial charge in [0.15, 0.2) is 5.96 Å². The minimum Gasteiger partial charge on any atom is -0.372 e. The van der Waals surface area contributed by atoms with Crippen molar-refractivity contribution in [2.24, 2.45) is 10.4 Å². The number of hydrogen-bond donors (Lipinski definition) is 2. The van der Waals surface area contributed by atoms with E-state index < -0.39 is 5.41 Å². The number of aliphatic imine (C=N–C) groups is 1. The number of carbonyl (C=O) groups is 1. The molecule has 1 saturated heterocycles. The van der Waals surface area contributed by atoms with Crippen LogP contribution >= 0.6 is 24.0 Å². The molecule has 1 aliphatic rings. The Morgan fingerprint density at radius 2 is 1.79 bits per heavy atom. The van der Waals surface area contributed by atoms with Crippen molar-refractivity contribution in [2.45, 2.75) is 46.6 Å². The van der Waals surface area contributed by atoms with Crippen molar-refractivity contribution in [1.29, 1.82) is 0 Å². The largest absolute Gasteiger partial charge is 0.372 e. The van der Waals surface area contributed by atoms with E-state index in [0.717, 1.165) is 32.1 Å². The summed E-state index contributed by atoms with van der Waals surface area (Å²) in [5, 5.41) is 6.05. The quantitative estimate of drug-likeness (QED) is 0.332. The minimum absolute atomic E-state index is 0. The molecule has 0 saturated carbocycles. The summed E-state index contributed by atoms with van der Waals surface area (Å²) in [5.41, 5.74) is 2.03. The number of piperidine rings is 1. The number of rotatable bonds is 7. The van der Waals surface area contributed by atoms with Gasteiger partial charge in [0.25, 0.3) is 0 Å². The highest BCUT2D eigenvalue weighted by molar-refractivity contribution is 14.0. The fourth-order valence-electron chi connectivity index (χ4n) is 3.47. The van der Waals surface area contributed by atoms with Crippen LogP contribution in [0.2, 0.25) is 0 Å². The topological polar surface area (TPSA) is 60.0 Å². The van der Waals surface area contributed by atoms with Crippen molar-refractivity contribution >= 4 is 41.5 Å². The lowest BCUT2D eigenvalue weighted by molar-refractivity contribution is -0.128. The average molecular weight is 515 g/mol. The number of anilines is 1. The van der Waals surface area contributed by atoms with Gasteiger partial charge in [-0.05, 0) is 57.7 Å². The minimum atomic E-state index is -0.535. The maximum absolute atomic E-state index is 12.0. The third-order valence-electron chi connectivity index (χ3n) is 5.24. The van der Waals surface area contributed by atoms with E-state index in [1.165, 1.54) is 30.5 Å².